The molecule has 6 heteroatoms. The van der Waals surface area contributed by atoms with Crippen molar-refractivity contribution >= 4 is 22.5 Å². The van der Waals surface area contributed by atoms with Crippen LogP contribution in [0.25, 0.3) is 22.0 Å². The Labute approximate surface area is 209 Å². The molecule has 0 aliphatic heterocycles. The van der Waals surface area contributed by atoms with E-state index in [4.69, 9.17) is 21.3 Å². The van der Waals surface area contributed by atoms with E-state index < -0.39 is 0 Å². The Balaban J connectivity index is 1.86. The van der Waals surface area contributed by atoms with Crippen molar-refractivity contribution in [3.63, 3.8) is 0 Å². The van der Waals surface area contributed by atoms with Crippen LogP contribution in [0.2, 0.25) is 5.02 Å². The van der Waals surface area contributed by atoms with Gasteiger partial charge in [0.05, 0.1) is 30.1 Å². The Bertz CT molecular complexity index is 1570. The number of fused-ring (bicyclic) bond motifs is 1. The second-order valence-corrected chi connectivity index (χ2v) is 9.04. The molecule has 0 fully saturated rings. The average molecular weight is 484 g/mol. The Morgan fingerprint density at radius 1 is 1.00 bits per heavy atom. The number of hydrogen-bond acceptors (Lipinski definition) is 3. The van der Waals surface area contributed by atoms with Crippen LogP contribution in [-0.4, -0.2) is 20.7 Å². The molecule has 0 radical (unpaired) electrons. The fourth-order valence-electron chi connectivity index (χ4n) is 4.69. The van der Waals surface area contributed by atoms with Crippen molar-refractivity contribution in [2.75, 3.05) is 6.61 Å². The molecule has 2 heterocycles. The Morgan fingerprint density at radius 3 is 2.51 bits per heavy atom. The fourth-order valence-corrected chi connectivity index (χ4v) is 4.82. The maximum absolute atomic E-state index is 12.4. The normalized spacial score (nSPS) is 12.1. The maximum atomic E-state index is 12.4. The second kappa shape index (κ2) is 9.43. The van der Waals surface area contributed by atoms with Crippen LogP contribution in [0.3, 0.4) is 0 Å². The number of hydrogen-bond donors (Lipinski definition) is 0. The zero-order chi connectivity index (χ0) is 24.5. The standard InChI is InChI=1S/C29H26ClN3O2/c1-4-35-22-7-5-6-20(16-22)28-23-13-15-27(34)33(3)26(23)14-12-24(28)29(25-17-32(2)18-31-25)19-8-10-21(30)11-9-19/h5-18,29H,4H2,1-3H3. The number of aromatic nitrogens is 3. The number of benzene rings is 3. The Morgan fingerprint density at radius 2 is 1.80 bits per heavy atom. The van der Waals surface area contributed by atoms with Crippen molar-refractivity contribution in [2.24, 2.45) is 14.1 Å². The minimum absolute atomic E-state index is 0.0433. The highest BCUT2D eigenvalue weighted by Gasteiger charge is 2.25. The highest BCUT2D eigenvalue weighted by atomic mass is 35.5. The zero-order valence-corrected chi connectivity index (χ0v) is 20.7. The molecule has 0 aliphatic rings. The van der Waals surface area contributed by atoms with E-state index in [1.165, 1.54) is 0 Å². The third kappa shape index (κ3) is 4.35. The van der Waals surface area contributed by atoms with Gasteiger partial charge in [0.15, 0.2) is 0 Å². The molecule has 1 atom stereocenters. The first-order valence-electron chi connectivity index (χ1n) is 11.6. The van der Waals surface area contributed by atoms with Gasteiger partial charge in [-0.1, -0.05) is 41.9 Å². The van der Waals surface area contributed by atoms with Gasteiger partial charge < -0.3 is 13.9 Å². The number of rotatable bonds is 6. The van der Waals surface area contributed by atoms with Crippen molar-refractivity contribution in [2.45, 2.75) is 12.8 Å². The van der Waals surface area contributed by atoms with Gasteiger partial charge in [-0.05, 0) is 65.6 Å². The van der Waals surface area contributed by atoms with Gasteiger partial charge in [-0.25, -0.2) is 4.98 Å². The molecule has 1 unspecified atom stereocenters. The fraction of sp³-hybridized carbons (Fsp3) is 0.172. The van der Waals surface area contributed by atoms with E-state index >= 15 is 0 Å². The maximum Gasteiger partial charge on any atom is 0.250 e. The molecule has 0 aliphatic carbocycles. The molecular formula is C29H26ClN3O2. The SMILES string of the molecule is CCOc1cccc(-c2c(C(c3ccc(Cl)cc3)c3cn(C)cn3)ccc3c2ccc(=O)n3C)c1. The first kappa shape index (κ1) is 22.9. The van der Waals surface area contributed by atoms with Gasteiger partial charge in [-0.2, -0.15) is 0 Å². The van der Waals surface area contributed by atoms with Crippen LogP contribution in [0, 0.1) is 0 Å². The lowest BCUT2D eigenvalue weighted by Gasteiger charge is -2.23. The topological polar surface area (TPSA) is 49.1 Å². The van der Waals surface area contributed by atoms with E-state index in [1.807, 2.05) is 79.6 Å². The van der Waals surface area contributed by atoms with Gasteiger partial charge in [-0.15, -0.1) is 0 Å². The highest BCUT2D eigenvalue weighted by Crippen LogP contribution is 2.41. The minimum Gasteiger partial charge on any atom is -0.494 e. The summed E-state index contributed by atoms with van der Waals surface area (Å²) in [5.74, 6) is 0.666. The number of ether oxygens (including phenoxy) is 1. The Hall–Kier alpha value is -3.83. The summed E-state index contributed by atoms with van der Waals surface area (Å²) in [7, 11) is 3.78. The summed E-state index contributed by atoms with van der Waals surface area (Å²) in [6.45, 7) is 2.56. The molecular weight excluding hydrogens is 458 g/mol. The number of nitrogens with zero attached hydrogens (tertiary/aromatic N) is 3. The summed E-state index contributed by atoms with van der Waals surface area (Å²) in [6, 6.07) is 23.7. The quantitative estimate of drug-likeness (QED) is 0.290. The molecule has 5 nitrogen and oxygen atoms in total. The number of pyridine rings is 1. The lowest BCUT2D eigenvalue weighted by molar-refractivity contribution is 0.340. The molecule has 176 valence electrons. The van der Waals surface area contributed by atoms with E-state index in [9.17, 15) is 4.79 Å². The van der Waals surface area contributed by atoms with Gasteiger partial charge in [0, 0.05) is 36.8 Å². The summed E-state index contributed by atoms with van der Waals surface area (Å²) in [5.41, 5.74) is 5.99. The predicted molar refractivity (Wildman–Crippen MR) is 141 cm³/mol. The number of halogens is 1. The van der Waals surface area contributed by atoms with Gasteiger partial charge in [-0.3, -0.25) is 4.79 Å². The molecule has 35 heavy (non-hydrogen) atoms. The van der Waals surface area contributed by atoms with Crippen LogP contribution in [0.5, 0.6) is 5.75 Å². The van der Waals surface area contributed by atoms with Crippen molar-refractivity contribution < 1.29 is 4.74 Å². The van der Waals surface area contributed by atoms with Gasteiger partial charge >= 0.3 is 0 Å². The molecule has 2 aromatic heterocycles. The lowest BCUT2D eigenvalue weighted by atomic mass is 9.82. The van der Waals surface area contributed by atoms with Crippen LogP contribution >= 0.6 is 11.6 Å². The second-order valence-electron chi connectivity index (χ2n) is 8.60. The molecule has 0 saturated heterocycles. The van der Waals surface area contributed by atoms with Crippen molar-refractivity contribution in [1.29, 1.82) is 0 Å². The lowest BCUT2D eigenvalue weighted by Crippen LogP contribution is -2.16. The molecule has 0 amide bonds. The summed E-state index contributed by atoms with van der Waals surface area (Å²) in [6.07, 6.45) is 3.86. The summed E-state index contributed by atoms with van der Waals surface area (Å²) >= 11 is 6.23. The number of aryl methyl sites for hydroxylation is 2. The largest absolute Gasteiger partial charge is 0.494 e. The molecule has 5 rings (SSSR count). The third-order valence-corrected chi connectivity index (χ3v) is 6.56. The zero-order valence-electron chi connectivity index (χ0n) is 19.9. The smallest absolute Gasteiger partial charge is 0.250 e. The summed E-state index contributed by atoms with van der Waals surface area (Å²) in [5, 5.41) is 1.68. The molecule has 0 spiro atoms. The molecule has 0 bridgehead atoms. The van der Waals surface area contributed by atoms with Crippen molar-refractivity contribution in [3.05, 3.63) is 118 Å². The Kier molecular flexibility index (Phi) is 6.18. The predicted octanol–water partition coefficient (Wildman–Crippen LogP) is 6.17. The summed E-state index contributed by atoms with van der Waals surface area (Å²) < 4.78 is 9.47. The number of imidazole rings is 1. The van der Waals surface area contributed by atoms with E-state index in [2.05, 4.69) is 18.2 Å². The van der Waals surface area contributed by atoms with Crippen LogP contribution in [0.15, 0.2) is 90.1 Å². The first-order chi connectivity index (χ1) is 17.0. The minimum atomic E-state index is -0.138. The van der Waals surface area contributed by atoms with E-state index in [0.29, 0.717) is 11.6 Å². The molecule has 3 aromatic carbocycles. The van der Waals surface area contributed by atoms with Crippen molar-refractivity contribution in [1.82, 2.24) is 14.1 Å². The van der Waals surface area contributed by atoms with Gasteiger partial charge in [0.25, 0.3) is 5.56 Å². The van der Waals surface area contributed by atoms with Crippen molar-refractivity contribution in [3.8, 4) is 16.9 Å². The van der Waals surface area contributed by atoms with Crippen LogP contribution in [0.1, 0.15) is 29.7 Å². The molecule has 0 N–H and O–H groups in total. The average Bonchev–Trinajstić information content (AvgIpc) is 3.28. The van der Waals surface area contributed by atoms with Gasteiger partial charge in [0.2, 0.25) is 0 Å². The van der Waals surface area contributed by atoms with Crippen LogP contribution in [0.4, 0.5) is 0 Å². The summed E-state index contributed by atoms with van der Waals surface area (Å²) in [4.78, 5) is 17.2. The highest BCUT2D eigenvalue weighted by molar-refractivity contribution is 6.30. The van der Waals surface area contributed by atoms with E-state index in [1.54, 1.807) is 17.7 Å². The molecule has 0 saturated carbocycles. The molecule has 5 aromatic rings. The van der Waals surface area contributed by atoms with Crippen LogP contribution < -0.4 is 10.3 Å². The van der Waals surface area contributed by atoms with Gasteiger partial charge in [0.1, 0.15) is 5.75 Å². The van der Waals surface area contributed by atoms with E-state index in [0.717, 1.165) is 44.6 Å². The van der Waals surface area contributed by atoms with E-state index in [-0.39, 0.29) is 11.5 Å². The monoisotopic (exact) mass is 483 g/mol. The van der Waals surface area contributed by atoms with Crippen LogP contribution in [-0.2, 0) is 14.1 Å². The first-order valence-corrected chi connectivity index (χ1v) is 11.9. The third-order valence-electron chi connectivity index (χ3n) is 6.31.